The Bertz CT molecular complexity index is 988. The van der Waals surface area contributed by atoms with Gasteiger partial charge in [0, 0.05) is 30.6 Å². The van der Waals surface area contributed by atoms with Gasteiger partial charge in [-0.25, -0.2) is 0 Å². The van der Waals surface area contributed by atoms with Gasteiger partial charge in [-0.3, -0.25) is 4.79 Å². The average molecular weight is 416 g/mol. The molecule has 2 N–H and O–H groups in total. The van der Waals surface area contributed by atoms with E-state index in [1.807, 2.05) is 42.5 Å². The summed E-state index contributed by atoms with van der Waals surface area (Å²) in [7, 11) is 0. The standard InChI is InChI=1S/C21H21N3O4.ClH/c1-13-10-17-11-16(6-7-18(17)27-13)21-23-20(24-28-21)15-4-2-14(3-5-15)12-22-9-8-19(25)26;/h2-7,11,13,22H,8-10,12H2,1H3,(H,25,26);1H. The maximum absolute atomic E-state index is 10.5. The van der Waals surface area contributed by atoms with E-state index < -0.39 is 5.97 Å². The van der Waals surface area contributed by atoms with Gasteiger partial charge in [-0.15, -0.1) is 12.4 Å². The minimum atomic E-state index is -0.804. The number of fused-ring (bicyclic) bond motifs is 1. The number of hydrogen-bond acceptors (Lipinski definition) is 6. The molecular weight excluding hydrogens is 394 g/mol. The summed E-state index contributed by atoms with van der Waals surface area (Å²) in [5.41, 5.74) is 3.96. The molecule has 0 radical (unpaired) electrons. The van der Waals surface area contributed by atoms with Crippen LogP contribution in [0.2, 0.25) is 0 Å². The van der Waals surface area contributed by atoms with Gasteiger partial charge in [-0.05, 0) is 36.2 Å². The van der Waals surface area contributed by atoms with Crippen LogP contribution in [0.1, 0.15) is 24.5 Å². The molecule has 1 aromatic heterocycles. The number of aliphatic carboxylic acids is 1. The van der Waals surface area contributed by atoms with Crippen molar-refractivity contribution >= 4 is 18.4 Å². The van der Waals surface area contributed by atoms with Crippen molar-refractivity contribution in [2.45, 2.75) is 32.4 Å². The van der Waals surface area contributed by atoms with Crippen molar-refractivity contribution in [2.24, 2.45) is 0 Å². The average Bonchev–Trinajstić information content (AvgIpc) is 3.31. The monoisotopic (exact) mass is 415 g/mol. The molecule has 29 heavy (non-hydrogen) atoms. The normalized spacial score (nSPS) is 14.7. The Morgan fingerprint density at radius 1 is 1.21 bits per heavy atom. The predicted molar refractivity (Wildman–Crippen MR) is 110 cm³/mol. The Balaban J connectivity index is 0.00000240. The van der Waals surface area contributed by atoms with Gasteiger partial charge < -0.3 is 19.7 Å². The van der Waals surface area contributed by atoms with E-state index in [2.05, 4.69) is 22.4 Å². The largest absolute Gasteiger partial charge is 0.490 e. The zero-order chi connectivity index (χ0) is 19.5. The molecule has 152 valence electrons. The zero-order valence-corrected chi connectivity index (χ0v) is 16.7. The lowest BCUT2D eigenvalue weighted by Crippen LogP contribution is -2.17. The Hall–Kier alpha value is -2.90. The van der Waals surface area contributed by atoms with Crippen molar-refractivity contribution in [1.82, 2.24) is 15.5 Å². The third kappa shape index (κ3) is 4.93. The maximum Gasteiger partial charge on any atom is 0.304 e. The summed E-state index contributed by atoms with van der Waals surface area (Å²) >= 11 is 0. The quantitative estimate of drug-likeness (QED) is 0.567. The molecule has 1 unspecified atom stereocenters. The van der Waals surface area contributed by atoms with E-state index in [0.29, 0.717) is 24.8 Å². The van der Waals surface area contributed by atoms with E-state index in [1.165, 1.54) is 0 Å². The smallest absolute Gasteiger partial charge is 0.304 e. The van der Waals surface area contributed by atoms with Crippen LogP contribution in [0, 0.1) is 0 Å². The third-order valence-corrected chi connectivity index (χ3v) is 4.63. The predicted octanol–water partition coefficient (Wildman–Crippen LogP) is 3.71. The molecule has 2 heterocycles. The number of carboxylic acid groups (broad SMARTS) is 1. The van der Waals surface area contributed by atoms with Crippen LogP contribution in [0.5, 0.6) is 5.75 Å². The van der Waals surface area contributed by atoms with Crippen LogP contribution in [0.4, 0.5) is 0 Å². The number of nitrogens with zero attached hydrogens (tertiary/aromatic N) is 2. The van der Waals surface area contributed by atoms with Crippen LogP contribution in [-0.2, 0) is 17.8 Å². The Kier molecular flexibility index (Phi) is 6.51. The lowest BCUT2D eigenvalue weighted by atomic mass is 10.1. The Labute approximate surface area is 174 Å². The second-order valence-electron chi connectivity index (χ2n) is 6.90. The lowest BCUT2D eigenvalue weighted by molar-refractivity contribution is -0.136. The molecule has 7 nitrogen and oxygen atoms in total. The zero-order valence-electron chi connectivity index (χ0n) is 15.9. The van der Waals surface area contributed by atoms with Crippen LogP contribution >= 0.6 is 12.4 Å². The fourth-order valence-corrected chi connectivity index (χ4v) is 3.21. The molecule has 0 amide bonds. The van der Waals surface area contributed by atoms with E-state index in [9.17, 15) is 4.79 Å². The molecule has 0 fully saturated rings. The van der Waals surface area contributed by atoms with Crippen LogP contribution in [0.25, 0.3) is 22.8 Å². The van der Waals surface area contributed by atoms with E-state index >= 15 is 0 Å². The maximum atomic E-state index is 10.5. The van der Waals surface area contributed by atoms with Gasteiger partial charge >= 0.3 is 5.97 Å². The summed E-state index contributed by atoms with van der Waals surface area (Å²) in [6.45, 7) is 3.10. The van der Waals surface area contributed by atoms with Crippen molar-refractivity contribution in [1.29, 1.82) is 0 Å². The number of hydrogen-bond donors (Lipinski definition) is 2. The van der Waals surface area contributed by atoms with Crippen molar-refractivity contribution in [3.05, 3.63) is 53.6 Å². The first-order valence-electron chi connectivity index (χ1n) is 9.24. The second kappa shape index (κ2) is 9.07. The number of rotatable bonds is 7. The minimum Gasteiger partial charge on any atom is -0.490 e. The van der Waals surface area contributed by atoms with Crippen LogP contribution < -0.4 is 10.1 Å². The molecule has 0 spiro atoms. The molecular formula is C21H22ClN3O4. The molecule has 4 rings (SSSR count). The number of nitrogens with one attached hydrogen (secondary N) is 1. The van der Waals surface area contributed by atoms with E-state index in [1.54, 1.807) is 0 Å². The summed E-state index contributed by atoms with van der Waals surface area (Å²) in [4.78, 5) is 15.0. The van der Waals surface area contributed by atoms with Gasteiger partial charge in [0.2, 0.25) is 5.82 Å². The van der Waals surface area contributed by atoms with Crippen LogP contribution in [-0.4, -0.2) is 33.9 Å². The Morgan fingerprint density at radius 2 is 1.97 bits per heavy atom. The van der Waals surface area contributed by atoms with Gasteiger partial charge in [0.25, 0.3) is 5.89 Å². The van der Waals surface area contributed by atoms with E-state index in [4.69, 9.17) is 14.4 Å². The molecule has 0 saturated carbocycles. The summed E-state index contributed by atoms with van der Waals surface area (Å²) in [6, 6.07) is 13.7. The lowest BCUT2D eigenvalue weighted by Gasteiger charge is -2.03. The fraction of sp³-hybridized carbons (Fsp3) is 0.286. The minimum absolute atomic E-state index is 0. The summed E-state index contributed by atoms with van der Waals surface area (Å²) in [5, 5.41) is 15.8. The molecule has 1 aliphatic rings. The SMILES string of the molecule is CC1Cc2cc(-c3nc(-c4ccc(CNCCC(=O)O)cc4)no3)ccc2O1.Cl. The van der Waals surface area contributed by atoms with Gasteiger partial charge in [-0.2, -0.15) is 4.98 Å². The first-order chi connectivity index (χ1) is 13.6. The highest BCUT2D eigenvalue weighted by molar-refractivity contribution is 5.85. The van der Waals surface area contributed by atoms with Crippen molar-refractivity contribution in [3.63, 3.8) is 0 Å². The van der Waals surface area contributed by atoms with Gasteiger partial charge in [0.1, 0.15) is 11.9 Å². The number of benzene rings is 2. The first kappa shape index (κ1) is 20.8. The number of halogens is 1. The number of carboxylic acids is 1. The summed E-state index contributed by atoms with van der Waals surface area (Å²) < 4.78 is 11.2. The highest BCUT2D eigenvalue weighted by atomic mass is 35.5. The van der Waals surface area contributed by atoms with Crippen molar-refractivity contribution in [2.75, 3.05) is 6.54 Å². The van der Waals surface area contributed by atoms with Crippen molar-refractivity contribution in [3.8, 4) is 28.6 Å². The number of carbonyl (C=O) groups is 1. The first-order valence-corrected chi connectivity index (χ1v) is 9.24. The molecule has 3 aromatic rings. The van der Waals surface area contributed by atoms with Crippen LogP contribution in [0.15, 0.2) is 47.0 Å². The molecule has 1 aliphatic heterocycles. The number of aromatic nitrogens is 2. The molecule has 0 saturated heterocycles. The molecule has 8 heteroatoms. The van der Waals surface area contributed by atoms with Crippen molar-refractivity contribution < 1.29 is 19.2 Å². The molecule has 0 bridgehead atoms. The topological polar surface area (TPSA) is 97.5 Å². The molecule has 2 aromatic carbocycles. The molecule has 1 atom stereocenters. The highest BCUT2D eigenvalue weighted by Crippen LogP contribution is 2.32. The fourth-order valence-electron chi connectivity index (χ4n) is 3.21. The van der Waals surface area contributed by atoms with E-state index in [-0.39, 0.29) is 24.9 Å². The van der Waals surface area contributed by atoms with Gasteiger partial charge in [-0.1, -0.05) is 29.4 Å². The Morgan fingerprint density at radius 3 is 2.72 bits per heavy atom. The highest BCUT2D eigenvalue weighted by Gasteiger charge is 2.20. The van der Waals surface area contributed by atoms with E-state index in [0.717, 1.165) is 34.4 Å². The second-order valence-corrected chi connectivity index (χ2v) is 6.90. The summed E-state index contributed by atoms with van der Waals surface area (Å²) in [5.74, 6) is 1.13. The third-order valence-electron chi connectivity index (χ3n) is 4.63. The summed E-state index contributed by atoms with van der Waals surface area (Å²) in [6.07, 6.45) is 1.18. The van der Waals surface area contributed by atoms with Gasteiger partial charge in [0.15, 0.2) is 0 Å². The molecule has 0 aliphatic carbocycles. The van der Waals surface area contributed by atoms with Crippen LogP contribution in [0.3, 0.4) is 0 Å². The number of ether oxygens (including phenoxy) is 1. The van der Waals surface area contributed by atoms with Gasteiger partial charge in [0.05, 0.1) is 6.42 Å².